The van der Waals surface area contributed by atoms with E-state index in [0.29, 0.717) is 11.7 Å². The van der Waals surface area contributed by atoms with Gasteiger partial charge in [-0.3, -0.25) is 4.79 Å². The van der Waals surface area contributed by atoms with E-state index in [2.05, 4.69) is 33.1 Å². The number of aromatic nitrogens is 3. The third-order valence-electron chi connectivity index (χ3n) is 4.69. The predicted molar refractivity (Wildman–Crippen MR) is 100 cm³/mol. The van der Waals surface area contributed by atoms with Gasteiger partial charge in [0.25, 0.3) is 5.91 Å². The fraction of sp³-hybridized carbons (Fsp3) is 0.471. The molecular formula is C17H22ClN5OS. The Labute approximate surface area is 157 Å². The minimum absolute atomic E-state index is 0. The minimum Gasteiger partial charge on any atom is -0.344 e. The van der Waals surface area contributed by atoms with Gasteiger partial charge in [-0.15, -0.1) is 29.3 Å². The molecule has 2 aliphatic rings. The van der Waals surface area contributed by atoms with Crippen LogP contribution in [0.5, 0.6) is 0 Å². The number of nitrogens with one attached hydrogen (secondary N) is 2. The molecule has 2 N–H and O–H groups in total. The Morgan fingerprint density at radius 3 is 2.88 bits per heavy atom. The van der Waals surface area contributed by atoms with Crippen molar-refractivity contribution in [3.8, 4) is 0 Å². The van der Waals surface area contributed by atoms with E-state index in [1.807, 2.05) is 28.6 Å². The zero-order valence-electron chi connectivity index (χ0n) is 13.9. The summed E-state index contributed by atoms with van der Waals surface area (Å²) in [6, 6.07) is 8.67. The Hall–Kier alpha value is -1.57. The number of hydrogen-bond acceptors (Lipinski definition) is 5. The van der Waals surface area contributed by atoms with Gasteiger partial charge < -0.3 is 10.6 Å². The van der Waals surface area contributed by atoms with Crippen LogP contribution in [-0.4, -0.2) is 39.7 Å². The lowest BCUT2D eigenvalue weighted by Gasteiger charge is -2.25. The Bertz CT molecular complexity index is 731. The van der Waals surface area contributed by atoms with Gasteiger partial charge in [-0.2, -0.15) is 0 Å². The Morgan fingerprint density at radius 1 is 1.24 bits per heavy atom. The van der Waals surface area contributed by atoms with E-state index in [4.69, 9.17) is 0 Å². The quantitative estimate of drug-likeness (QED) is 0.857. The maximum atomic E-state index is 12.6. The third kappa shape index (κ3) is 3.99. The molecule has 1 amide bonds. The highest BCUT2D eigenvalue weighted by atomic mass is 35.5. The topological polar surface area (TPSA) is 71.8 Å². The first-order chi connectivity index (χ1) is 11.8. The fourth-order valence-corrected chi connectivity index (χ4v) is 4.48. The molecule has 0 aliphatic carbocycles. The molecule has 0 saturated carbocycles. The van der Waals surface area contributed by atoms with Crippen molar-refractivity contribution >= 4 is 30.1 Å². The standard InChI is InChI=1S/C17H21N5OS.ClH/c23-17(15-11-22(21-20-15)12-5-8-18-9-6-12)19-14-7-10-24-16-4-2-1-3-13(14)16;/h1-4,11-12,14,18H,5-10H2,(H,19,23);1H. The van der Waals surface area contributed by atoms with Crippen molar-refractivity contribution in [3.05, 3.63) is 41.7 Å². The highest BCUT2D eigenvalue weighted by Crippen LogP contribution is 2.35. The van der Waals surface area contributed by atoms with Gasteiger partial charge >= 0.3 is 0 Å². The summed E-state index contributed by atoms with van der Waals surface area (Å²) in [6.07, 6.45) is 4.78. The predicted octanol–water partition coefficient (Wildman–Crippen LogP) is 2.59. The van der Waals surface area contributed by atoms with Gasteiger partial charge in [-0.05, 0) is 44.0 Å². The molecule has 4 rings (SSSR count). The number of halogens is 1. The second-order valence-corrected chi connectivity index (χ2v) is 7.40. The molecule has 6 nitrogen and oxygen atoms in total. The van der Waals surface area contributed by atoms with Crippen LogP contribution in [-0.2, 0) is 0 Å². The lowest BCUT2D eigenvalue weighted by Crippen LogP contribution is -2.31. The molecular weight excluding hydrogens is 358 g/mol. The van der Waals surface area contributed by atoms with E-state index in [0.717, 1.165) is 38.1 Å². The molecule has 25 heavy (non-hydrogen) atoms. The number of carbonyl (C=O) groups is 1. The molecule has 0 spiro atoms. The van der Waals surface area contributed by atoms with Crippen LogP contribution in [0.25, 0.3) is 0 Å². The molecule has 2 aromatic rings. The van der Waals surface area contributed by atoms with Crippen LogP contribution in [0, 0.1) is 0 Å². The summed E-state index contributed by atoms with van der Waals surface area (Å²) < 4.78 is 1.85. The first-order valence-corrected chi connectivity index (χ1v) is 9.45. The van der Waals surface area contributed by atoms with Crippen molar-refractivity contribution in [2.24, 2.45) is 0 Å². The molecule has 1 unspecified atom stereocenters. The van der Waals surface area contributed by atoms with Crippen LogP contribution in [0.2, 0.25) is 0 Å². The molecule has 1 atom stereocenters. The van der Waals surface area contributed by atoms with Crippen molar-refractivity contribution in [1.82, 2.24) is 25.6 Å². The Morgan fingerprint density at radius 2 is 2.04 bits per heavy atom. The van der Waals surface area contributed by atoms with Gasteiger partial charge in [-0.1, -0.05) is 23.4 Å². The van der Waals surface area contributed by atoms with Crippen LogP contribution in [0.3, 0.4) is 0 Å². The molecule has 0 bridgehead atoms. The van der Waals surface area contributed by atoms with E-state index in [1.54, 1.807) is 6.20 Å². The largest absolute Gasteiger partial charge is 0.344 e. The lowest BCUT2D eigenvalue weighted by atomic mass is 10.0. The molecule has 1 saturated heterocycles. The van der Waals surface area contributed by atoms with Crippen LogP contribution >= 0.6 is 24.2 Å². The number of hydrogen-bond donors (Lipinski definition) is 2. The minimum atomic E-state index is -0.137. The molecule has 1 fully saturated rings. The number of piperidine rings is 1. The number of nitrogens with zero attached hydrogens (tertiary/aromatic N) is 3. The van der Waals surface area contributed by atoms with Gasteiger partial charge in [0.15, 0.2) is 5.69 Å². The average molecular weight is 380 g/mol. The van der Waals surface area contributed by atoms with Crippen molar-refractivity contribution in [3.63, 3.8) is 0 Å². The summed E-state index contributed by atoms with van der Waals surface area (Å²) in [5.41, 5.74) is 1.61. The van der Waals surface area contributed by atoms with Crippen LogP contribution in [0.15, 0.2) is 35.4 Å². The number of benzene rings is 1. The van der Waals surface area contributed by atoms with E-state index >= 15 is 0 Å². The lowest BCUT2D eigenvalue weighted by molar-refractivity contribution is 0.0930. The highest BCUT2D eigenvalue weighted by Gasteiger charge is 2.24. The number of carbonyl (C=O) groups excluding carboxylic acids is 1. The molecule has 1 aromatic heterocycles. The first-order valence-electron chi connectivity index (χ1n) is 8.46. The molecule has 2 aliphatic heterocycles. The van der Waals surface area contributed by atoms with E-state index in [-0.39, 0.29) is 24.4 Å². The third-order valence-corrected chi connectivity index (χ3v) is 5.81. The summed E-state index contributed by atoms with van der Waals surface area (Å²) in [6.45, 7) is 1.98. The Kier molecular flexibility index (Phi) is 5.98. The monoisotopic (exact) mass is 379 g/mol. The maximum absolute atomic E-state index is 12.6. The van der Waals surface area contributed by atoms with Crippen molar-refractivity contribution in [2.75, 3.05) is 18.8 Å². The number of fused-ring (bicyclic) bond motifs is 1. The van der Waals surface area contributed by atoms with Crippen molar-refractivity contribution in [2.45, 2.75) is 36.2 Å². The summed E-state index contributed by atoms with van der Waals surface area (Å²) >= 11 is 1.85. The molecule has 8 heteroatoms. The zero-order valence-corrected chi connectivity index (χ0v) is 15.5. The molecule has 0 radical (unpaired) electrons. The summed E-state index contributed by atoms with van der Waals surface area (Å²) in [4.78, 5) is 13.8. The van der Waals surface area contributed by atoms with E-state index in [9.17, 15) is 4.79 Å². The van der Waals surface area contributed by atoms with Crippen LogP contribution in [0.1, 0.15) is 47.4 Å². The van der Waals surface area contributed by atoms with Gasteiger partial charge in [0.05, 0.1) is 18.3 Å². The van der Waals surface area contributed by atoms with Gasteiger partial charge in [0, 0.05) is 10.6 Å². The smallest absolute Gasteiger partial charge is 0.273 e. The average Bonchev–Trinajstić information content (AvgIpc) is 3.13. The van der Waals surface area contributed by atoms with Gasteiger partial charge in [-0.25, -0.2) is 4.68 Å². The van der Waals surface area contributed by atoms with Gasteiger partial charge in [0.1, 0.15) is 0 Å². The maximum Gasteiger partial charge on any atom is 0.273 e. The Balaban J connectivity index is 0.00000182. The second-order valence-electron chi connectivity index (χ2n) is 6.27. The SMILES string of the molecule is Cl.O=C(NC1CCSc2ccccc21)c1cn(C2CCNCC2)nn1. The van der Waals surface area contributed by atoms with Crippen molar-refractivity contribution in [1.29, 1.82) is 0 Å². The van der Waals surface area contributed by atoms with Gasteiger partial charge in [0.2, 0.25) is 0 Å². The molecule has 1 aromatic carbocycles. The number of amides is 1. The summed E-state index contributed by atoms with van der Waals surface area (Å²) in [7, 11) is 0. The normalized spacial score (nSPS) is 20.4. The number of rotatable bonds is 3. The fourth-order valence-electron chi connectivity index (χ4n) is 3.35. The van der Waals surface area contributed by atoms with Crippen LogP contribution < -0.4 is 10.6 Å². The summed E-state index contributed by atoms with van der Waals surface area (Å²) in [5, 5.41) is 14.7. The number of thioether (sulfide) groups is 1. The highest BCUT2D eigenvalue weighted by molar-refractivity contribution is 7.99. The molecule has 3 heterocycles. The van der Waals surface area contributed by atoms with Crippen LogP contribution in [0.4, 0.5) is 0 Å². The van der Waals surface area contributed by atoms with Crippen molar-refractivity contribution < 1.29 is 4.79 Å². The first kappa shape index (κ1) is 18.2. The zero-order chi connectivity index (χ0) is 16.4. The molecule has 134 valence electrons. The van der Waals surface area contributed by atoms with E-state index < -0.39 is 0 Å². The second kappa shape index (κ2) is 8.21. The summed E-state index contributed by atoms with van der Waals surface area (Å²) in [5.74, 6) is 0.880. The van der Waals surface area contributed by atoms with E-state index in [1.165, 1.54) is 10.5 Å².